The average Bonchev–Trinajstić information content (AvgIpc) is 2.34. The van der Waals surface area contributed by atoms with E-state index in [1.165, 1.54) is 30.9 Å². The lowest BCUT2D eigenvalue weighted by Gasteiger charge is -2.26. The van der Waals surface area contributed by atoms with Gasteiger partial charge in [-0.25, -0.2) is 9.79 Å². The van der Waals surface area contributed by atoms with Gasteiger partial charge in [-0.3, -0.25) is 5.41 Å². The Labute approximate surface area is 117 Å². The fourth-order valence-electron chi connectivity index (χ4n) is 2.07. The number of nitrogens with zero attached hydrogens (tertiary/aromatic N) is 1. The summed E-state index contributed by atoms with van der Waals surface area (Å²) in [5.74, 6) is -0.456. The van der Waals surface area contributed by atoms with Gasteiger partial charge < -0.3 is 10.8 Å². The van der Waals surface area contributed by atoms with Crippen LogP contribution < -0.4 is 5.73 Å². The van der Waals surface area contributed by atoms with Crippen LogP contribution in [0.4, 0.5) is 0 Å². The minimum atomic E-state index is -1.10. The van der Waals surface area contributed by atoms with Crippen LogP contribution in [-0.4, -0.2) is 22.7 Å². The van der Waals surface area contributed by atoms with Crippen LogP contribution in [0.25, 0.3) is 0 Å². The molecule has 1 aliphatic carbocycles. The molecule has 0 spiro atoms. The normalized spacial score (nSPS) is 16.1. The van der Waals surface area contributed by atoms with Crippen LogP contribution in [0.3, 0.4) is 0 Å². The number of nitrogens with two attached hydrogens (primary N) is 1. The van der Waals surface area contributed by atoms with Crippen LogP contribution in [0.2, 0.25) is 0 Å². The molecule has 1 aromatic rings. The summed E-state index contributed by atoms with van der Waals surface area (Å²) in [5, 5.41) is 16.4. The van der Waals surface area contributed by atoms with Gasteiger partial charge in [-0.05, 0) is 36.5 Å². The van der Waals surface area contributed by atoms with E-state index >= 15 is 0 Å². The van der Waals surface area contributed by atoms with Crippen molar-refractivity contribution in [2.45, 2.75) is 25.2 Å². The summed E-state index contributed by atoms with van der Waals surface area (Å²) in [6, 6.07) is 7.75. The second kappa shape index (κ2) is 6.14. The van der Waals surface area contributed by atoms with Gasteiger partial charge in [0.1, 0.15) is 5.84 Å². The molecule has 0 heterocycles. The number of benzene rings is 1. The summed E-state index contributed by atoms with van der Waals surface area (Å²) < 4.78 is 0. The van der Waals surface area contributed by atoms with Crippen LogP contribution in [0.15, 0.2) is 41.4 Å². The molecule has 0 atom stereocenters. The first-order valence-electron chi connectivity index (χ1n) is 6.50. The minimum Gasteiger partial charge on any atom is -0.478 e. The van der Waals surface area contributed by atoms with E-state index in [-0.39, 0.29) is 11.7 Å². The van der Waals surface area contributed by atoms with Gasteiger partial charge in [0.15, 0.2) is 5.84 Å². The van der Waals surface area contributed by atoms with E-state index in [9.17, 15) is 4.79 Å². The molecular weight excluding hydrogens is 254 g/mol. The third-order valence-electron chi connectivity index (χ3n) is 3.37. The number of carboxylic acid groups (broad SMARTS) is 1. The number of amidine groups is 2. The number of hydrogen-bond donors (Lipinski definition) is 3. The molecule has 1 saturated carbocycles. The number of carbonyl (C=O) groups is 1. The smallest absolute Gasteiger partial charge is 0.328 e. The Balaban J connectivity index is 2.12. The van der Waals surface area contributed by atoms with Gasteiger partial charge >= 0.3 is 5.97 Å². The maximum absolute atomic E-state index is 10.4. The summed E-state index contributed by atoms with van der Waals surface area (Å²) in [5.41, 5.74) is 7.48. The average molecular weight is 271 g/mol. The maximum Gasteiger partial charge on any atom is 0.328 e. The molecular formula is C15H17N3O2. The highest BCUT2D eigenvalue weighted by molar-refractivity contribution is 6.08. The van der Waals surface area contributed by atoms with Crippen molar-refractivity contribution < 1.29 is 9.90 Å². The van der Waals surface area contributed by atoms with Crippen molar-refractivity contribution in [2.75, 3.05) is 0 Å². The van der Waals surface area contributed by atoms with Crippen molar-refractivity contribution >= 4 is 17.6 Å². The summed E-state index contributed by atoms with van der Waals surface area (Å²) >= 11 is 0. The highest BCUT2D eigenvalue weighted by Gasteiger charge is 2.19. The SMILES string of the molecule is N=C(N=C(N)/C=C\C(=O)O)c1cccc(C2CCC2)c1. The van der Waals surface area contributed by atoms with E-state index in [0.717, 1.165) is 6.08 Å². The van der Waals surface area contributed by atoms with E-state index in [4.69, 9.17) is 16.2 Å². The zero-order valence-electron chi connectivity index (χ0n) is 11.0. The third-order valence-corrected chi connectivity index (χ3v) is 3.37. The van der Waals surface area contributed by atoms with Crippen LogP contribution in [-0.2, 0) is 4.79 Å². The van der Waals surface area contributed by atoms with Crippen LogP contribution in [0.5, 0.6) is 0 Å². The van der Waals surface area contributed by atoms with Gasteiger partial charge in [-0.1, -0.05) is 24.6 Å². The second-order valence-electron chi connectivity index (χ2n) is 4.81. The topological polar surface area (TPSA) is 99.5 Å². The van der Waals surface area contributed by atoms with Gasteiger partial charge in [0.2, 0.25) is 0 Å². The second-order valence-corrected chi connectivity index (χ2v) is 4.81. The maximum atomic E-state index is 10.4. The first-order valence-corrected chi connectivity index (χ1v) is 6.50. The molecule has 104 valence electrons. The van der Waals surface area contributed by atoms with E-state index in [2.05, 4.69) is 11.1 Å². The van der Waals surface area contributed by atoms with E-state index in [1.54, 1.807) is 0 Å². The Morgan fingerprint density at radius 3 is 2.75 bits per heavy atom. The fraction of sp³-hybridized carbons (Fsp3) is 0.267. The quantitative estimate of drug-likeness (QED) is 0.445. The number of carboxylic acids is 1. The predicted octanol–water partition coefficient (Wildman–Crippen LogP) is 2.28. The van der Waals surface area contributed by atoms with Gasteiger partial charge in [-0.15, -0.1) is 0 Å². The van der Waals surface area contributed by atoms with Crippen LogP contribution in [0.1, 0.15) is 36.3 Å². The minimum absolute atomic E-state index is 0.00597. The van der Waals surface area contributed by atoms with E-state index in [0.29, 0.717) is 11.5 Å². The van der Waals surface area contributed by atoms with Crippen molar-refractivity contribution in [2.24, 2.45) is 10.7 Å². The van der Waals surface area contributed by atoms with Gasteiger partial charge in [-0.2, -0.15) is 0 Å². The summed E-state index contributed by atoms with van der Waals surface area (Å²) in [6.07, 6.45) is 5.73. The number of aliphatic imine (C=N–C) groups is 1. The number of rotatable bonds is 4. The molecule has 4 N–H and O–H groups in total. The molecule has 0 radical (unpaired) electrons. The molecule has 1 fully saturated rings. The molecule has 5 nitrogen and oxygen atoms in total. The summed E-state index contributed by atoms with van der Waals surface area (Å²) in [4.78, 5) is 14.3. The van der Waals surface area contributed by atoms with Crippen molar-refractivity contribution in [1.29, 1.82) is 5.41 Å². The molecule has 5 heteroatoms. The summed E-state index contributed by atoms with van der Waals surface area (Å²) in [6.45, 7) is 0. The Morgan fingerprint density at radius 2 is 2.15 bits per heavy atom. The van der Waals surface area contributed by atoms with Gasteiger partial charge in [0, 0.05) is 11.6 Å². The largest absolute Gasteiger partial charge is 0.478 e. The predicted molar refractivity (Wildman–Crippen MR) is 78.3 cm³/mol. The van der Waals surface area contributed by atoms with Crippen LogP contribution >= 0.6 is 0 Å². The highest BCUT2D eigenvalue weighted by Crippen LogP contribution is 2.36. The first kappa shape index (κ1) is 14.0. The molecule has 0 amide bonds. The third kappa shape index (κ3) is 3.54. The number of aliphatic carboxylic acids is 1. The van der Waals surface area contributed by atoms with Crippen molar-refractivity contribution in [3.8, 4) is 0 Å². The molecule has 0 aliphatic heterocycles. The lowest BCUT2D eigenvalue weighted by atomic mass is 9.79. The molecule has 0 bridgehead atoms. The standard InChI is InChI=1S/C15H17N3O2/c16-13(7-8-14(19)20)18-15(17)12-6-2-5-11(9-12)10-3-1-4-10/h2,5-10H,1,3-4H2,(H,19,20)(H3,16,17,18)/b8-7-. The van der Waals surface area contributed by atoms with Crippen molar-refractivity contribution in [1.82, 2.24) is 0 Å². The fourth-order valence-corrected chi connectivity index (χ4v) is 2.07. The number of hydrogen-bond acceptors (Lipinski definition) is 2. The van der Waals surface area contributed by atoms with Gasteiger partial charge in [0.25, 0.3) is 0 Å². The summed E-state index contributed by atoms with van der Waals surface area (Å²) in [7, 11) is 0. The molecule has 0 unspecified atom stereocenters. The number of nitrogens with one attached hydrogen (secondary N) is 1. The zero-order chi connectivity index (χ0) is 14.5. The molecule has 0 saturated heterocycles. The zero-order valence-corrected chi connectivity index (χ0v) is 11.0. The van der Waals surface area contributed by atoms with Crippen LogP contribution in [0, 0.1) is 5.41 Å². The Hall–Kier alpha value is -2.43. The van der Waals surface area contributed by atoms with E-state index in [1.807, 2.05) is 18.2 Å². The lowest BCUT2D eigenvalue weighted by Crippen LogP contribution is -2.13. The molecule has 20 heavy (non-hydrogen) atoms. The molecule has 1 aliphatic rings. The Bertz CT molecular complexity index is 587. The Morgan fingerprint density at radius 1 is 1.40 bits per heavy atom. The monoisotopic (exact) mass is 271 g/mol. The molecule has 2 rings (SSSR count). The highest BCUT2D eigenvalue weighted by atomic mass is 16.4. The molecule has 1 aromatic carbocycles. The lowest BCUT2D eigenvalue weighted by molar-refractivity contribution is -0.131. The Kier molecular flexibility index (Phi) is 4.30. The van der Waals surface area contributed by atoms with Gasteiger partial charge in [0.05, 0.1) is 0 Å². The molecule has 0 aromatic heterocycles. The van der Waals surface area contributed by atoms with Crippen molar-refractivity contribution in [3.63, 3.8) is 0 Å². The first-order chi connectivity index (χ1) is 9.56. The van der Waals surface area contributed by atoms with Crippen molar-refractivity contribution in [3.05, 3.63) is 47.5 Å². The van der Waals surface area contributed by atoms with E-state index < -0.39 is 5.97 Å².